The fourth-order valence-corrected chi connectivity index (χ4v) is 2.53. The van der Waals surface area contributed by atoms with Crippen molar-refractivity contribution in [2.45, 2.75) is 19.9 Å². The molecule has 0 spiro atoms. The molecule has 1 amide bonds. The molecule has 1 aromatic heterocycles. The van der Waals surface area contributed by atoms with Gasteiger partial charge in [0.25, 0.3) is 5.91 Å². The molecule has 5 heteroatoms. The number of fused-ring (bicyclic) bond motifs is 1. The second-order valence-corrected chi connectivity index (χ2v) is 5.14. The normalized spacial score (nSPS) is 12.9. The Kier molecular flexibility index (Phi) is 3.18. The second kappa shape index (κ2) is 5.00. The number of carbonyl (C=O) groups excluding carboxylic acids is 1. The first-order valence-corrected chi connectivity index (χ1v) is 6.77. The van der Waals surface area contributed by atoms with Crippen molar-refractivity contribution in [2.75, 3.05) is 11.9 Å². The smallest absolute Gasteiger partial charge is 0.251 e. The largest absolute Gasteiger partial charge is 0.384 e. The maximum Gasteiger partial charge on any atom is 0.251 e. The van der Waals surface area contributed by atoms with Crippen molar-refractivity contribution in [1.82, 2.24) is 15.1 Å². The average Bonchev–Trinajstić information content (AvgIpc) is 3.01. The highest BCUT2D eigenvalue weighted by Crippen LogP contribution is 2.23. The van der Waals surface area contributed by atoms with Crippen LogP contribution in [0.3, 0.4) is 0 Å². The van der Waals surface area contributed by atoms with Gasteiger partial charge in [-0.05, 0) is 31.0 Å². The summed E-state index contributed by atoms with van der Waals surface area (Å²) in [4.78, 5) is 12.2. The molecule has 2 aromatic rings. The number of rotatable bonds is 3. The van der Waals surface area contributed by atoms with Gasteiger partial charge in [0, 0.05) is 43.1 Å². The van der Waals surface area contributed by atoms with Crippen LogP contribution in [0.4, 0.5) is 5.69 Å². The molecule has 1 aromatic carbocycles. The average molecular weight is 270 g/mol. The number of aryl methyl sites for hydroxylation is 2. The van der Waals surface area contributed by atoms with E-state index in [1.54, 1.807) is 4.68 Å². The molecule has 2 N–H and O–H groups in total. The molecule has 1 aliphatic rings. The summed E-state index contributed by atoms with van der Waals surface area (Å²) in [5.41, 5.74) is 5.04. The SMILES string of the molecule is Cc1nn(C)cc1CNC(=O)c1ccc2c(c1)NCC2. The molecule has 2 heterocycles. The van der Waals surface area contributed by atoms with Crippen molar-refractivity contribution in [3.8, 4) is 0 Å². The van der Waals surface area contributed by atoms with Crippen LogP contribution in [0.2, 0.25) is 0 Å². The van der Waals surface area contributed by atoms with E-state index < -0.39 is 0 Å². The Labute approximate surface area is 118 Å². The number of nitrogens with zero attached hydrogens (tertiary/aromatic N) is 2. The Morgan fingerprint density at radius 1 is 1.50 bits per heavy atom. The molecule has 0 aliphatic carbocycles. The minimum Gasteiger partial charge on any atom is -0.384 e. The monoisotopic (exact) mass is 270 g/mol. The Morgan fingerprint density at radius 2 is 2.35 bits per heavy atom. The van der Waals surface area contributed by atoms with Crippen LogP contribution in [0.1, 0.15) is 27.2 Å². The predicted octanol–water partition coefficient (Wildman–Crippen LogP) is 1.63. The number of hydrogen-bond donors (Lipinski definition) is 2. The molecule has 104 valence electrons. The molecule has 0 saturated heterocycles. The van der Waals surface area contributed by atoms with Crippen molar-refractivity contribution in [1.29, 1.82) is 0 Å². The summed E-state index contributed by atoms with van der Waals surface area (Å²) in [6, 6.07) is 5.84. The molecule has 0 saturated carbocycles. The first-order valence-electron chi connectivity index (χ1n) is 6.77. The lowest BCUT2D eigenvalue weighted by Gasteiger charge is -2.06. The van der Waals surface area contributed by atoms with Gasteiger partial charge in [0.2, 0.25) is 0 Å². The van der Waals surface area contributed by atoms with E-state index in [0.29, 0.717) is 12.1 Å². The zero-order valence-corrected chi connectivity index (χ0v) is 11.7. The van der Waals surface area contributed by atoms with Gasteiger partial charge >= 0.3 is 0 Å². The van der Waals surface area contributed by atoms with E-state index in [0.717, 1.165) is 29.9 Å². The van der Waals surface area contributed by atoms with Crippen LogP contribution in [0.15, 0.2) is 24.4 Å². The van der Waals surface area contributed by atoms with Crippen LogP contribution >= 0.6 is 0 Å². The standard InChI is InChI=1S/C15H18N4O/c1-10-13(9-19(2)18-10)8-17-15(20)12-4-3-11-5-6-16-14(11)7-12/h3-4,7,9,16H,5-6,8H2,1-2H3,(H,17,20). The highest BCUT2D eigenvalue weighted by atomic mass is 16.1. The number of amides is 1. The molecule has 0 fully saturated rings. The Hall–Kier alpha value is -2.30. The van der Waals surface area contributed by atoms with E-state index in [2.05, 4.69) is 15.7 Å². The van der Waals surface area contributed by atoms with Crippen LogP contribution in [0.25, 0.3) is 0 Å². The van der Waals surface area contributed by atoms with Crippen LogP contribution in [0.5, 0.6) is 0 Å². The molecule has 1 aliphatic heterocycles. The summed E-state index contributed by atoms with van der Waals surface area (Å²) in [6.07, 6.45) is 2.96. The first kappa shape index (κ1) is 12.7. The molecule has 20 heavy (non-hydrogen) atoms. The quantitative estimate of drug-likeness (QED) is 0.891. The van der Waals surface area contributed by atoms with Crippen molar-refractivity contribution in [3.63, 3.8) is 0 Å². The number of aromatic nitrogens is 2. The van der Waals surface area contributed by atoms with Crippen molar-refractivity contribution in [3.05, 3.63) is 46.8 Å². The summed E-state index contributed by atoms with van der Waals surface area (Å²) >= 11 is 0. The predicted molar refractivity (Wildman–Crippen MR) is 77.8 cm³/mol. The van der Waals surface area contributed by atoms with Crippen molar-refractivity contribution < 1.29 is 4.79 Å². The zero-order chi connectivity index (χ0) is 14.1. The maximum atomic E-state index is 12.2. The summed E-state index contributed by atoms with van der Waals surface area (Å²) in [7, 11) is 1.88. The topological polar surface area (TPSA) is 59.0 Å². The lowest BCUT2D eigenvalue weighted by molar-refractivity contribution is 0.0951. The van der Waals surface area contributed by atoms with Gasteiger partial charge in [-0.3, -0.25) is 9.48 Å². The first-order chi connectivity index (χ1) is 9.63. The molecule has 0 atom stereocenters. The number of anilines is 1. The van der Waals surface area contributed by atoms with E-state index in [1.165, 1.54) is 5.56 Å². The minimum absolute atomic E-state index is 0.0512. The third kappa shape index (κ3) is 2.39. The van der Waals surface area contributed by atoms with Crippen LogP contribution in [-0.2, 0) is 20.0 Å². The van der Waals surface area contributed by atoms with Crippen molar-refractivity contribution in [2.24, 2.45) is 7.05 Å². The molecule has 0 radical (unpaired) electrons. The number of carbonyl (C=O) groups is 1. The van der Waals surface area contributed by atoms with E-state index >= 15 is 0 Å². The Balaban J connectivity index is 1.69. The molecule has 0 unspecified atom stereocenters. The summed E-state index contributed by atoms with van der Waals surface area (Å²) < 4.78 is 1.76. The fourth-order valence-electron chi connectivity index (χ4n) is 2.53. The van der Waals surface area contributed by atoms with Gasteiger partial charge in [-0.25, -0.2) is 0 Å². The molecular weight excluding hydrogens is 252 g/mol. The number of nitrogens with one attached hydrogen (secondary N) is 2. The Morgan fingerprint density at radius 3 is 3.10 bits per heavy atom. The van der Waals surface area contributed by atoms with Crippen LogP contribution in [0, 0.1) is 6.92 Å². The summed E-state index contributed by atoms with van der Waals surface area (Å²) in [5, 5.41) is 10.5. The Bertz CT molecular complexity index is 660. The summed E-state index contributed by atoms with van der Waals surface area (Å²) in [5.74, 6) is -0.0512. The van der Waals surface area contributed by atoms with Gasteiger partial charge in [0.05, 0.1) is 5.69 Å². The van der Waals surface area contributed by atoms with E-state index in [1.807, 2.05) is 38.4 Å². The highest BCUT2D eigenvalue weighted by Gasteiger charge is 2.13. The third-order valence-corrected chi connectivity index (χ3v) is 3.64. The third-order valence-electron chi connectivity index (χ3n) is 3.64. The molecule has 5 nitrogen and oxygen atoms in total. The maximum absolute atomic E-state index is 12.2. The molecule has 0 bridgehead atoms. The number of hydrogen-bond acceptors (Lipinski definition) is 3. The van der Waals surface area contributed by atoms with Gasteiger partial charge in [0.15, 0.2) is 0 Å². The van der Waals surface area contributed by atoms with Gasteiger partial charge in [-0.1, -0.05) is 6.07 Å². The second-order valence-electron chi connectivity index (χ2n) is 5.14. The van der Waals surface area contributed by atoms with Crippen molar-refractivity contribution >= 4 is 11.6 Å². The number of benzene rings is 1. The van der Waals surface area contributed by atoms with Gasteiger partial charge in [-0.2, -0.15) is 5.10 Å². The van der Waals surface area contributed by atoms with E-state index in [-0.39, 0.29) is 5.91 Å². The summed E-state index contributed by atoms with van der Waals surface area (Å²) in [6.45, 7) is 3.40. The lowest BCUT2D eigenvalue weighted by atomic mass is 10.1. The van der Waals surface area contributed by atoms with Crippen LogP contribution < -0.4 is 10.6 Å². The highest BCUT2D eigenvalue weighted by molar-refractivity contribution is 5.95. The van der Waals surface area contributed by atoms with E-state index in [4.69, 9.17) is 0 Å². The minimum atomic E-state index is -0.0512. The lowest BCUT2D eigenvalue weighted by Crippen LogP contribution is -2.23. The fraction of sp³-hybridized carbons (Fsp3) is 0.333. The molecular formula is C15H18N4O. The molecule has 3 rings (SSSR count). The van der Waals surface area contributed by atoms with Gasteiger partial charge in [-0.15, -0.1) is 0 Å². The zero-order valence-electron chi connectivity index (χ0n) is 11.7. The van der Waals surface area contributed by atoms with Gasteiger partial charge in [0.1, 0.15) is 0 Å². The van der Waals surface area contributed by atoms with Gasteiger partial charge < -0.3 is 10.6 Å². The van der Waals surface area contributed by atoms with Crippen LogP contribution in [-0.4, -0.2) is 22.2 Å². The van der Waals surface area contributed by atoms with E-state index in [9.17, 15) is 4.79 Å².